The lowest BCUT2D eigenvalue weighted by molar-refractivity contribution is -0.149. The molecule has 2 rings (SSSR count). The van der Waals surface area contributed by atoms with Crippen LogP contribution in [0.2, 0.25) is 0 Å². The maximum absolute atomic E-state index is 14.2. The van der Waals surface area contributed by atoms with E-state index in [0.717, 1.165) is 5.56 Å². The van der Waals surface area contributed by atoms with Gasteiger partial charge in [0.2, 0.25) is 23.6 Å². The topological polar surface area (TPSA) is 167 Å². The fourth-order valence-electron chi connectivity index (χ4n) is 7.77. The van der Waals surface area contributed by atoms with E-state index in [-0.39, 0.29) is 36.5 Å². The molecule has 54 heavy (non-hydrogen) atoms. The standard InChI is InChI=1S/C40H67N5O9/c1-13-25(4)35(44(9)39(50)33(27(6)46)42-38(49)34(24(2)3)43(7)8)31(52-10)23-32(47)45-21-17-20-30(45)36(53-11)26(5)37(48)41-29(40(51)54-12)22-28-18-15-14-16-19-28/h14-16,18-19,24-27,29-31,33-36,46H,13,17,20-23H2,1-12H3,(H,41,48)(H,42,49)/t25-,26+,27+,29-,30-,31+,33-,34?,35-,36+/m0/s1. The van der Waals surface area contributed by atoms with Crippen molar-refractivity contribution in [3.05, 3.63) is 35.9 Å². The number of nitrogens with zero attached hydrogens (tertiary/aromatic N) is 3. The summed E-state index contributed by atoms with van der Waals surface area (Å²) in [4.78, 5) is 72.8. The number of likely N-dealkylation sites (N-methyl/N-ethyl adjacent to an activating group) is 2. The van der Waals surface area contributed by atoms with Gasteiger partial charge in [-0.1, -0.05) is 71.4 Å². The van der Waals surface area contributed by atoms with Gasteiger partial charge in [0, 0.05) is 34.2 Å². The zero-order valence-electron chi connectivity index (χ0n) is 34.5. The van der Waals surface area contributed by atoms with Crippen molar-refractivity contribution < 1.29 is 43.3 Å². The summed E-state index contributed by atoms with van der Waals surface area (Å²) in [5, 5.41) is 16.3. The number of aliphatic hydroxyl groups is 1. The lowest BCUT2D eigenvalue weighted by atomic mass is 9.89. The van der Waals surface area contributed by atoms with E-state index in [1.807, 2.05) is 58.0 Å². The zero-order valence-corrected chi connectivity index (χ0v) is 34.5. The molecule has 1 fully saturated rings. The molecule has 1 saturated heterocycles. The lowest BCUT2D eigenvalue weighted by Crippen LogP contribution is -2.61. The minimum atomic E-state index is -1.21. The van der Waals surface area contributed by atoms with E-state index >= 15 is 0 Å². The molecule has 1 heterocycles. The first kappa shape index (κ1) is 46.6. The molecule has 1 aliphatic heterocycles. The third-order valence-corrected chi connectivity index (χ3v) is 10.8. The molecule has 4 amide bonds. The van der Waals surface area contributed by atoms with Crippen molar-refractivity contribution in [1.29, 1.82) is 0 Å². The Morgan fingerprint density at radius 2 is 1.56 bits per heavy atom. The first-order valence-electron chi connectivity index (χ1n) is 19.1. The quantitative estimate of drug-likeness (QED) is 0.158. The number of amides is 4. The van der Waals surface area contributed by atoms with Gasteiger partial charge in [0.15, 0.2) is 0 Å². The highest BCUT2D eigenvalue weighted by Crippen LogP contribution is 2.29. The van der Waals surface area contributed by atoms with Crippen molar-refractivity contribution in [2.24, 2.45) is 17.8 Å². The second-order valence-corrected chi connectivity index (χ2v) is 15.2. The van der Waals surface area contributed by atoms with E-state index in [0.29, 0.717) is 25.8 Å². The molecular weight excluding hydrogens is 694 g/mol. The number of carbonyl (C=O) groups excluding carboxylic acids is 5. The Hall–Kier alpha value is -3.59. The highest BCUT2D eigenvalue weighted by atomic mass is 16.5. The molecule has 14 nitrogen and oxygen atoms in total. The van der Waals surface area contributed by atoms with E-state index < -0.39 is 72.2 Å². The van der Waals surface area contributed by atoms with Gasteiger partial charge in [0.1, 0.15) is 12.1 Å². The van der Waals surface area contributed by atoms with Crippen LogP contribution < -0.4 is 10.6 Å². The number of aliphatic hydroxyl groups excluding tert-OH is 1. The Labute approximate surface area is 322 Å². The molecule has 1 aromatic carbocycles. The van der Waals surface area contributed by atoms with E-state index in [1.54, 1.807) is 37.9 Å². The summed E-state index contributed by atoms with van der Waals surface area (Å²) in [5.74, 6) is -2.91. The highest BCUT2D eigenvalue weighted by Gasteiger charge is 2.43. The van der Waals surface area contributed by atoms with Crippen LogP contribution in [0.1, 0.15) is 72.8 Å². The van der Waals surface area contributed by atoms with Crippen LogP contribution >= 0.6 is 0 Å². The molecule has 0 spiro atoms. The van der Waals surface area contributed by atoms with E-state index in [4.69, 9.17) is 14.2 Å². The molecule has 1 aliphatic rings. The molecule has 0 aromatic heterocycles. The number of carbonyl (C=O) groups is 5. The third kappa shape index (κ3) is 12.2. The van der Waals surface area contributed by atoms with Crippen molar-refractivity contribution in [1.82, 2.24) is 25.3 Å². The third-order valence-electron chi connectivity index (χ3n) is 10.8. The largest absolute Gasteiger partial charge is 0.467 e. The number of methoxy groups -OCH3 is 3. The monoisotopic (exact) mass is 761 g/mol. The molecule has 3 N–H and O–H groups in total. The molecule has 306 valence electrons. The smallest absolute Gasteiger partial charge is 0.328 e. The Kier molecular flexibility index (Phi) is 19.0. The van der Waals surface area contributed by atoms with Gasteiger partial charge in [0.05, 0.1) is 55.9 Å². The summed E-state index contributed by atoms with van der Waals surface area (Å²) in [6.07, 6.45) is -0.405. The lowest BCUT2D eigenvalue weighted by Gasteiger charge is -2.41. The van der Waals surface area contributed by atoms with Crippen LogP contribution in [0.5, 0.6) is 0 Å². The van der Waals surface area contributed by atoms with Crippen LogP contribution in [0, 0.1) is 17.8 Å². The van der Waals surface area contributed by atoms with Gasteiger partial charge in [-0.15, -0.1) is 0 Å². The summed E-state index contributed by atoms with van der Waals surface area (Å²) in [6.45, 7) is 11.4. The van der Waals surface area contributed by atoms with Crippen LogP contribution in [0.3, 0.4) is 0 Å². The molecule has 1 unspecified atom stereocenters. The van der Waals surface area contributed by atoms with Crippen molar-refractivity contribution in [3.8, 4) is 0 Å². The summed E-state index contributed by atoms with van der Waals surface area (Å²) in [5.41, 5.74) is 0.864. The predicted octanol–water partition coefficient (Wildman–Crippen LogP) is 2.26. The van der Waals surface area contributed by atoms with Crippen LogP contribution in [0.4, 0.5) is 0 Å². The summed E-state index contributed by atoms with van der Waals surface area (Å²) < 4.78 is 16.8. The van der Waals surface area contributed by atoms with Crippen LogP contribution in [-0.4, -0.2) is 147 Å². The Morgan fingerprint density at radius 3 is 2.06 bits per heavy atom. The van der Waals surface area contributed by atoms with Gasteiger partial charge in [-0.25, -0.2) is 4.79 Å². The number of hydrogen-bond acceptors (Lipinski definition) is 10. The van der Waals surface area contributed by atoms with Gasteiger partial charge in [-0.05, 0) is 51.3 Å². The molecule has 1 aromatic rings. The number of nitrogens with one attached hydrogen (secondary N) is 2. The minimum absolute atomic E-state index is 0.0415. The van der Waals surface area contributed by atoms with E-state index in [1.165, 1.54) is 33.2 Å². The SMILES string of the molecule is CC[C@H](C)[C@@H]([C@@H](CC(=O)N1CCC[C@H]1[C@H](OC)[C@@H](C)C(=O)N[C@@H](Cc1ccccc1)C(=O)OC)OC)N(C)C(=O)[C@@H](NC(=O)C(C(C)C)N(C)C)[C@@H](C)O. The Bertz CT molecular complexity index is 1350. The second kappa shape index (κ2) is 22.1. The van der Waals surface area contributed by atoms with E-state index in [2.05, 4.69) is 10.6 Å². The van der Waals surface area contributed by atoms with Crippen LogP contribution in [0.15, 0.2) is 30.3 Å². The molecule has 0 radical (unpaired) electrons. The molecule has 0 saturated carbocycles. The second-order valence-electron chi connectivity index (χ2n) is 15.2. The molecule has 14 heteroatoms. The maximum Gasteiger partial charge on any atom is 0.328 e. The van der Waals surface area contributed by atoms with Crippen LogP contribution in [-0.2, 0) is 44.6 Å². The average molecular weight is 762 g/mol. The van der Waals surface area contributed by atoms with Gasteiger partial charge < -0.3 is 39.8 Å². The summed E-state index contributed by atoms with van der Waals surface area (Å²) in [7, 11) is 9.48. The predicted molar refractivity (Wildman–Crippen MR) is 206 cm³/mol. The summed E-state index contributed by atoms with van der Waals surface area (Å²) >= 11 is 0. The molecular formula is C40H67N5O9. The maximum atomic E-state index is 14.2. The number of likely N-dealkylation sites (tertiary alicyclic amines) is 1. The van der Waals surface area contributed by atoms with Crippen molar-refractivity contribution >= 4 is 29.6 Å². The molecule has 0 aliphatic carbocycles. The molecule has 0 bridgehead atoms. The van der Waals surface area contributed by atoms with Gasteiger partial charge in [0.25, 0.3) is 0 Å². The first-order chi connectivity index (χ1) is 25.4. The van der Waals surface area contributed by atoms with Crippen molar-refractivity contribution in [2.75, 3.05) is 49.0 Å². The minimum Gasteiger partial charge on any atom is -0.467 e. The van der Waals surface area contributed by atoms with Gasteiger partial charge in [-0.2, -0.15) is 0 Å². The van der Waals surface area contributed by atoms with Gasteiger partial charge >= 0.3 is 5.97 Å². The number of hydrogen-bond donors (Lipinski definition) is 3. The average Bonchev–Trinajstić information content (AvgIpc) is 3.62. The first-order valence-corrected chi connectivity index (χ1v) is 19.1. The van der Waals surface area contributed by atoms with Crippen molar-refractivity contribution in [2.45, 2.75) is 122 Å². The number of ether oxygens (including phenoxy) is 3. The highest BCUT2D eigenvalue weighted by molar-refractivity contribution is 5.90. The number of esters is 1. The van der Waals surface area contributed by atoms with E-state index in [9.17, 15) is 29.1 Å². The van der Waals surface area contributed by atoms with Crippen molar-refractivity contribution in [3.63, 3.8) is 0 Å². The Balaban J connectivity index is 2.29. The normalized spacial score (nSPS) is 19.5. The number of benzene rings is 1. The van der Waals surface area contributed by atoms with Gasteiger partial charge in [-0.3, -0.25) is 24.1 Å². The fraction of sp³-hybridized carbons (Fsp3) is 0.725. The number of rotatable bonds is 21. The fourth-order valence-corrected chi connectivity index (χ4v) is 7.77. The zero-order chi connectivity index (χ0) is 40.9. The summed E-state index contributed by atoms with van der Waals surface area (Å²) in [6, 6.07) is 5.70. The Morgan fingerprint density at radius 1 is 0.926 bits per heavy atom. The van der Waals surface area contributed by atoms with Crippen LogP contribution in [0.25, 0.3) is 0 Å². The molecule has 10 atom stereocenters.